The van der Waals surface area contributed by atoms with Gasteiger partial charge in [-0.05, 0) is 41.1 Å². The molecule has 0 bridgehead atoms. The maximum Gasteiger partial charge on any atom is 0.261 e. The standard InChI is InChI=1S/C13H10BrClN2O2/c1-7-4-12(18)9(6-16-7)13(19)17-8-2-3-11(15)10(14)5-8/h2-6H,1H3,(H,16,18)(H,17,19). The maximum atomic E-state index is 12.0. The van der Waals surface area contributed by atoms with Crippen molar-refractivity contribution in [1.29, 1.82) is 0 Å². The van der Waals surface area contributed by atoms with Crippen molar-refractivity contribution in [2.75, 3.05) is 5.32 Å². The molecule has 2 N–H and O–H groups in total. The monoisotopic (exact) mass is 340 g/mol. The van der Waals surface area contributed by atoms with Crippen LogP contribution >= 0.6 is 27.5 Å². The smallest absolute Gasteiger partial charge is 0.261 e. The van der Waals surface area contributed by atoms with Crippen LogP contribution in [-0.2, 0) is 0 Å². The third-order valence-corrected chi connectivity index (χ3v) is 3.69. The summed E-state index contributed by atoms with van der Waals surface area (Å²) < 4.78 is 0.671. The molecule has 2 rings (SSSR count). The number of aromatic amines is 1. The summed E-state index contributed by atoms with van der Waals surface area (Å²) in [5.41, 5.74) is 1.01. The van der Waals surface area contributed by atoms with E-state index in [-0.39, 0.29) is 11.0 Å². The fourth-order valence-electron chi connectivity index (χ4n) is 1.52. The Balaban J connectivity index is 2.25. The minimum absolute atomic E-state index is 0.0664. The van der Waals surface area contributed by atoms with Crippen molar-refractivity contribution in [3.8, 4) is 0 Å². The molecule has 98 valence electrons. The van der Waals surface area contributed by atoms with Gasteiger partial charge in [0.25, 0.3) is 5.91 Å². The van der Waals surface area contributed by atoms with E-state index in [1.54, 1.807) is 25.1 Å². The number of carbonyl (C=O) groups excluding carboxylic acids is 1. The Bertz CT molecular complexity index is 697. The number of nitrogens with one attached hydrogen (secondary N) is 2. The van der Waals surface area contributed by atoms with E-state index >= 15 is 0 Å². The first-order chi connectivity index (χ1) is 8.97. The van der Waals surface area contributed by atoms with Crippen LogP contribution in [0.2, 0.25) is 5.02 Å². The Labute approximate surface area is 122 Å². The van der Waals surface area contributed by atoms with E-state index in [4.69, 9.17) is 11.6 Å². The number of benzene rings is 1. The Morgan fingerprint density at radius 1 is 1.37 bits per heavy atom. The van der Waals surface area contributed by atoms with Gasteiger partial charge < -0.3 is 10.3 Å². The van der Waals surface area contributed by atoms with E-state index in [9.17, 15) is 9.59 Å². The van der Waals surface area contributed by atoms with Gasteiger partial charge in [-0.1, -0.05) is 11.6 Å². The van der Waals surface area contributed by atoms with Gasteiger partial charge in [0.1, 0.15) is 5.56 Å². The lowest BCUT2D eigenvalue weighted by atomic mass is 10.2. The van der Waals surface area contributed by atoms with Crippen molar-refractivity contribution in [3.63, 3.8) is 0 Å². The number of aryl methyl sites for hydroxylation is 1. The molecule has 6 heteroatoms. The summed E-state index contributed by atoms with van der Waals surface area (Å²) in [6, 6.07) is 6.36. The van der Waals surface area contributed by atoms with Crippen LogP contribution in [0.4, 0.5) is 5.69 Å². The molecule has 1 amide bonds. The molecular formula is C13H10BrClN2O2. The molecule has 1 aromatic carbocycles. The summed E-state index contributed by atoms with van der Waals surface area (Å²) in [5.74, 6) is -0.463. The zero-order valence-corrected chi connectivity index (χ0v) is 12.3. The first kappa shape index (κ1) is 13.8. The average Bonchev–Trinajstić information content (AvgIpc) is 2.33. The molecule has 4 nitrogen and oxygen atoms in total. The molecule has 0 atom stereocenters. The van der Waals surface area contributed by atoms with Gasteiger partial charge >= 0.3 is 0 Å². The molecule has 0 aliphatic rings. The lowest BCUT2D eigenvalue weighted by molar-refractivity contribution is 0.102. The van der Waals surface area contributed by atoms with Crippen LogP contribution in [0.3, 0.4) is 0 Å². The molecule has 0 aliphatic carbocycles. The van der Waals surface area contributed by atoms with Crippen LogP contribution in [0.5, 0.6) is 0 Å². The van der Waals surface area contributed by atoms with Crippen LogP contribution in [0.25, 0.3) is 0 Å². The Kier molecular flexibility index (Phi) is 4.07. The van der Waals surface area contributed by atoms with E-state index in [0.29, 0.717) is 20.9 Å². The van der Waals surface area contributed by atoms with Gasteiger partial charge in [-0.15, -0.1) is 0 Å². The number of anilines is 1. The molecule has 0 aliphatic heterocycles. The predicted octanol–water partition coefficient (Wildman–Crippen LogP) is 3.35. The number of halogens is 2. The highest BCUT2D eigenvalue weighted by atomic mass is 79.9. The van der Waals surface area contributed by atoms with Gasteiger partial charge in [0.15, 0.2) is 5.43 Å². The van der Waals surface area contributed by atoms with Crippen LogP contribution in [0, 0.1) is 6.92 Å². The van der Waals surface area contributed by atoms with Crippen LogP contribution in [0.15, 0.2) is 39.7 Å². The molecule has 0 saturated heterocycles. The molecule has 1 heterocycles. The Morgan fingerprint density at radius 2 is 2.11 bits per heavy atom. The highest BCUT2D eigenvalue weighted by Crippen LogP contribution is 2.25. The summed E-state index contributed by atoms with van der Waals surface area (Å²) in [7, 11) is 0. The topological polar surface area (TPSA) is 62.0 Å². The zero-order chi connectivity index (χ0) is 14.0. The van der Waals surface area contributed by atoms with Gasteiger partial charge in [0, 0.05) is 28.1 Å². The SMILES string of the molecule is Cc1cc(=O)c(C(=O)Nc2ccc(Cl)c(Br)c2)c[nH]1. The Hall–Kier alpha value is -1.59. The first-order valence-electron chi connectivity index (χ1n) is 5.43. The molecule has 2 aromatic rings. The fourth-order valence-corrected chi connectivity index (χ4v) is 2.02. The van der Waals surface area contributed by atoms with Crippen molar-refractivity contribution in [3.05, 3.63) is 61.4 Å². The third-order valence-electron chi connectivity index (χ3n) is 2.48. The van der Waals surface area contributed by atoms with Crippen LogP contribution in [-0.4, -0.2) is 10.9 Å². The molecule has 0 unspecified atom stereocenters. The molecule has 0 fully saturated rings. The number of pyridine rings is 1. The number of amides is 1. The molecule has 19 heavy (non-hydrogen) atoms. The number of rotatable bonds is 2. The maximum absolute atomic E-state index is 12.0. The normalized spacial score (nSPS) is 10.3. The predicted molar refractivity (Wildman–Crippen MR) is 78.9 cm³/mol. The van der Waals surface area contributed by atoms with E-state index in [1.807, 2.05) is 0 Å². The second-order valence-electron chi connectivity index (χ2n) is 3.98. The molecule has 0 radical (unpaired) electrons. The largest absolute Gasteiger partial charge is 0.364 e. The average molecular weight is 342 g/mol. The summed E-state index contributed by atoms with van der Waals surface area (Å²) in [6.07, 6.45) is 1.40. The van der Waals surface area contributed by atoms with Crippen molar-refractivity contribution >= 4 is 39.1 Å². The summed E-state index contributed by atoms with van der Waals surface area (Å²) in [6.45, 7) is 1.75. The van der Waals surface area contributed by atoms with Gasteiger partial charge in [-0.2, -0.15) is 0 Å². The van der Waals surface area contributed by atoms with E-state index < -0.39 is 5.91 Å². The van der Waals surface area contributed by atoms with Crippen LogP contribution < -0.4 is 10.7 Å². The second-order valence-corrected chi connectivity index (χ2v) is 5.24. The van der Waals surface area contributed by atoms with Crippen molar-refractivity contribution in [2.24, 2.45) is 0 Å². The van der Waals surface area contributed by atoms with E-state index in [0.717, 1.165) is 0 Å². The lowest BCUT2D eigenvalue weighted by Crippen LogP contribution is -2.21. The lowest BCUT2D eigenvalue weighted by Gasteiger charge is -2.06. The number of aromatic nitrogens is 1. The Morgan fingerprint density at radius 3 is 2.74 bits per heavy atom. The first-order valence-corrected chi connectivity index (χ1v) is 6.60. The highest BCUT2D eigenvalue weighted by molar-refractivity contribution is 9.10. The van der Waals surface area contributed by atoms with Gasteiger partial charge in [-0.3, -0.25) is 9.59 Å². The highest BCUT2D eigenvalue weighted by Gasteiger charge is 2.11. The molecule has 1 aromatic heterocycles. The number of H-pyrrole nitrogens is 1. The molecule has 0 spiro atoms. The third kappa shape index (κ3) is 3.24. The van der Waals surface area contributed by atoms with Crippen molar-refractivity contribution in [1.82, 2.24) is 4.98 Å². The number of hydrogen-bond acceptors (Lipinski definition) is 2. The number of carbonyl (C=O) groups is 1. The van der Waals surface area contributed by atoms with E-state index in [1.165, 1.54) is 12.3 Å². The van der Waals surface area contributed by atoms with Gasteiger partial charge in [0.05, 0.1) is 5.02 Å². The summed E-state index contributed by atoms with van der Waals surface area (Å²) in [5, 5.41) is 3.19. The van der Waals surface area contributed by atoms with Crippen molar-refractivity contribution in [2.45, 2.75) is 6.92 Å². The molecule has 0 saturated carbocycles. The van der Waals surface area contributed by atoms with E-state index in [2.05, 4.69) is 26.2 Å². The summed E-state index contributed by atoms with van der Waals surface area (Å²) in [4.78, 5) is 26.5. The van der Waals surface area contributed by atoms with Gasteiger partial charge in [-0.25, -0.2) is 0 Å². The molecular weight excluding hydrogens is 332 g/mol. The fraction of sp³-hybridized carbons (Fsp3) is 0.0769. The minimum Gasteiger partial charge on any atom is -0.364 e. The second kappa shape index (κ2) is 5.59. The summed E-state index contributed by atoms with van der Waals surface area (Å²) >= 11 is 9.13. The minimum atomic E-state index is -0.463. The zero-order valence-electron chi connectivity index (χ0n) is 9.96. The van der Waals surface area contributed by atoms with Crippen LogP contribution in [0.1, 0.15) is 16.1 Å². The quantitative estimate of drug-likeness (QED) is 0.880. The van der Waals surface area contributed by atoms with Gasteiger partial charge in [0.2, 0.25) is 0 Å². The number of hydrogen-bond donors (Lipinski definition) is 2. The van der Waals surface area contributed by atoms with Crippen molar-refractivity contribution < 1.29 is 4.79 Å².